The van der Waals surface area contributed by atoms with Crippen molar-refractivity contribution < 1.29 is 0 Å². The molecule has 0 aromatic carbocycles. The number of hydrogen-bond donors (Lipinski definition) is 1. The fraction of sp³-hybridized carbons (Fsp3) is 1.00. The summed E-state index contributed by atoms with van der Waals surface area (Å²) in [7, 11) is 0. The van der Waals surface area contributed by atoms with Gasteiger partial charge in [0.2, 0.25) is 0 Å². The van der Waals surface area contributed by atoms with Gasteiger partial charge in [0.15, 0.2) is 0 Å². The van der Waals surface area contributed by atoms with Crippen LogP contribution in [0.15, 0.2) is 0 Å². The lowest BCUT2D eigenvalue weighted by atomic mass is 9.83. The van der Waals surface area contributed by atoms with Crippen LogP contribution in [0.2, 0.25) is 0 Å². The molecule has 1 aliphatic rings. The van der Waals surface area contributed by atoms with Gasteiger partial charge in [0.25, 0.3) is 0 Å². The summed E-state index contributed by atoms with van der Waals surface area (Å²) < 4.78 is 0. The first kappa shape index (κ1) is 7.07. The molecule has 1 heteroatoms. The lowest BCUT2D eigenvalue weighted by Gasteiger charge is -2.25. The molecule has 54 valence electrons. The van der Waals surface area contributed by atoms with E-state index in [9.17, 15) is 0 Å². The Kier molecular flexibility index (Phi) is 2.52. The smallest absolute Gasteiger partial charge is 0.00488 e. The molecule has 1 rings (SSSR count). The summed E-state index contributed by atoms with van der Waals surface area (Å²) in [5.74, 6) is 1.78. The van der Waals surface area contributed by atoms with Crippen LogP contribution < -0.4 is 5.73 Å². The van der Waals surface area contributed by atoms with Crippen LogP contribution in [0, 0.1) is 11.8 Å². The highest BCUT2D eigenvalue weighted by molar-refractivity contribution is 4.70. The van der Waals surface area contributed by atoms with Crippen molar-refractivity contribution in [2.45, 2.75) is 32.6 Å². The Morgan fingerprint density at radius 3 is 2.67 bits per heavy atom. The fourth-order valence-electron chi connectivity index (χ4n) is 1.77. The SMILES string of the molecule is CC1CCC[C@@H](CN)C1. The van der Waals surface area contributed by atoms with E-state index in [2.05, 4.69) is 6.92 Å². The molecule has 2 N–H and O–H groups in total. The summed E-state index contributed by atoms with van der Waals surface area (Å²) in [4.78, 5) is 0. The third kappa shape index (κ3) is 1.98. The third-order valence-corrected chi connectivity index (χ3v) is 2.38. The van der Waals surface area contributed by atoms with Gasteiger partial charge < -0.3 is 5.73 Å². The van der Waals surface area contributed by atoms with Gasteiger partial charge in [0.1, 0.15) is 0 Å². The van der Waals surface area contributed by atoms with Crippen LogP contribution in [0.3, 0.4) is 0 Å². The van der Waals surface area contributed by atoms with E-state index in [0.717, 1.165) is 18.4 Å². The van der Waals surface area contributed by atoms with Crippen molar-refractivity contribution in [1.82, 2.24) is 0 Å². The van der Waals surface area contributed by atoms with Crippen LogP contribution in [0.25, 0.3) is 0 Å². The van der Waals surface area contributed by atoms with E-state index in [0.29, 0.717) is 0 Å². The van der Waals surface area contributed by atoms with Crippen molar-refractivity contribution in [3.63, 3.8) is 0 Å². The zero-order valence-corrected chi connectivity index (χ0v) is 6.27. The van der Waals surface area contributed by atoms with Crippen LogP contribution >= 0.6 is 0 Å². The lowest BCUT2D eigenvalue weighted by molar-refractivity contribution is 0.288. The Morgan fingerprint density at radius 2 is 2.22 bits per heavy atom. The van der Waals surface area contributed by atoms with Crippen molar-refractivity contribution in [2.24, 2.45) is 17.6 Å². The molecule has 0 radical (unpaired) electrons. The van der Waals surface area contributed by atoms with Gasteiger partial charge in [-0.15, -0.1) is 0 Å². The summed E-state index contributed by atoms with van der Waals surface area (Å²) in [6, 6.07) is 0. The van der Waals surface area contributed by atoms with Crippen molar-refractivity contribution in [1.29, 1.82) is 0 Å². The monoisotopic (exact) mass is 127 g/mol. The normalized spacial score (nSPS) is 36.7. The molecule has 0 amide bonds. The van der Waals surface area contributed by atoms with Crippen LogP contribution in [-0.4, -0.2) is 6.54 Å². The zero-order valence-electron chi connectivity index (χ0n) is 6.27. The van der Waals surface area contributed by atoms with Crippen LogP contribution in [0.5, 0.6) is 0 Å². The predicted octanol–water partition coefficient (Wildman–Crippen LogP) is 1.77. The molecule has 1 saturated carbocycles. The first-order valence-corrected chi connectivity index (χ1v) is 4.03. The second-order valence-corrected chi connectivity index (χ2v) is 3.37. The maximum atomic E-state index is 5.57. The fourth-order valence-corrected chi connectivity index (χ4v) is 1.77. The summed E-state index contributed by atoms with van der Waals surface area (Å²) in [6.45, 7) is 3.24. The Labute approximate surface area is 57.6 Å². The molecule has 0 aromatic heterocycles. The quantitative estimate of drug-likeness (QED) is 0.570. The molecule has 2 atom stereocenters. The van der Waals surface area contributed by atoms with E-state index in [1.165, 1.54) is 25.7 Å². The molecule has 0 saturated heterocycles. The highest BCUT2D eigenvalue weighted by Gasteiger charge is 2.16. The molecular weight excluding hydrogens is 110 g/mol. The van der Waals surface area contributed by atoms with E-state index in [-0.39, 0.29) is 0 Å². The molecule has 0 bridgehead atoms. The van der Waals surface area contributed by atoms with Gasteiger partial charge in [-0.2, -0.15) is 0 Å². The van der Waals surface area contributed by atoms with E-state index in [4.69, 9.17) is 5.73 Å². The summed E-state index contributed by atoms with van der Waals surface area (Å²) in [5.41, 5.74) is 5.57. The van der Waals surface area contributed by atoms with Crippen LogP contribution in [-0.2, 0) is 0 Å². The number of nitrogens with two attached hydrogens (primary N) is 1. The van der Waals surface area contributed by atoms with Crippen molar-refractivity contribution in [3.05, 3.63) is 0 Å². The highest BCUT2D eigenvalue weighted by atomic mass is 14.5. The molecule has 0 aliphatic heterocycles. The van der Waals surface area contributed by atoms with Gasteiger partial charge in [-0.25, -0.2) is 0 Å². The number of hydrogen-bond acceptors (Lipinski definition) is 1. The molecule has 0 spiro atoms. The molecular formula is C8H17N. The van der Waals surface area contributed by atoms with Crippen molar-refractivity contribution in [2.75, 3.05) is 6.54 Å². The molecule has 0 aromatic rings. The molecule has 1 nitrogen and oxygen atoms in total. The number of rotatable bonds is 1. The van der Waals surface area contributed by atoms with E-state index in [1.54, 1.807) is 0 Å². The molecule has 1 aliphatic carbocycles. The van der Waals surface area contributed by atoms with Crippen LogP contribution in [0.4, 0.5) is 0 Å². The minimum atomic E-state index is 0.841. The van der Waals surface area contributed by atoms with Gasteiger partial charge in [-0.3, -0.25) is 0 Å². The van der Waals surface area contributed by atoms with Gasteiger partial charge in [-0.05, 0) is 31.2 Å². The maximum Gasteiger partial charge on any atom is -0.00488 e. The molecule has 1 unspecified atom stereocenters. The second-order valence-electron chi connectivity index (χ2n) is 3.37. The third-order valence-electron chi connectivity index (χ3n) is 2.38. The Hall–Kier alpha value is -0.0400. The molecule has 9 heavy (non-hydrogen) atoms. The standard InChI is InChI=1S/C8H17N/c1-7-3-2-4-8(5-7)6-9/h7-8H,2-6,9H2,1H3/t7?,8-/m1/s1. The van der Waals surface area contributed by atoms with Gasteiger partial charge in [-0.1, -0.05) is 19.8 Å². The van der Waals surface area contributed by atoms with Gasteiger partial charge in [0, 0.05) is 0 Å². The zero-order chi connectivity index (χ0) is 6.69. The minimum absolute atomic E-state index is 0.841. The van der Waals surface area contributed by atoms with Crippen molar-refractivity contribution >= 4 is 0 Å². The maximum absolute atomic E-state index is 5.57. The first-order chi connectivity index (χ1) is 4.33. The van der Waals surface area contributed by atoms with Gasteiger partial charge >= 0.3 is 0 Å². The van der Waals surface area contributed by atoms with Crippen LogP contribution in [0.1, 0.15) is 32.6 Å². The minimum Gasteiger partial charge on any atom is -0.330 e. The average molecular weight is 127 g/mol. The lowest BCUT2D eigenvalue weighted by Crippen LogP contribution is -2.20. The Morgan fingerprint density at radius 1 is 1.44 bits per heavy atom. The highest BCUT2D eigenvalue weighted by Crippen LogP contribution is 2.27. The topological polar surface area (TPSA) is 26.0 Å². The van der Waals surface area contributed by atoms with Crippen molar-refractivity contribution in [3.8, 4) is 0 Å². The average Bonchev–Trinajstić information content (AvgIpc) is 1.88. The summed E-state index contributed by atoms with van der Waals surface area (Å²) in [6.07, 6.45) is 5.58. The summed E-state index contributed by atoms with van der Waals surface area (Å²) >= 11 is 0. The predicted molar refractivity (Wildman–Crippen MR) is 40.2 cm³/mol. The van der Waals surface area contributed by atoms with E-state index < -0.39 is 0 Å². The Balaban J connectivity index is 2.23. The van der Waals surface area contributed by atoms with E-state index >= 15 is 0 Å². The molecule has 0 heterocycles. The second kappa shape index (κ2) is 3.21. The van der Waals surface area contributed by atoms with E-state index in [1.807, 2.05) is 0 Å². The Bertz CT molecular complexity index is 80.6. The largest absolute Gasteiger partial charge is 0.330 e. The molecule has 1 fully saturated rings. The van der Waals surface area contributed by atoms with Gasteiger partial charge in [0.05, 0.1) is 0 Å². The summed E-state index contributed by atoms with van der Waals surface area (Å²) in [5, 5.41) is 0. The first-order valence-electron chi connectivity index (χ1n) is 4.03.